The summed E-state index contributed by atoms with van der Waals surface area (Å²) >= 11 is 5.93. The van der Waals surface area contributed by atoms with E-state index >= 15 is 0 Å². The lowest BCUT2D eigenvalue weighted by molar-refractivity contribution is 0.0954. The number of carbonyl (C=O) groups is 1. The van der Waals surface area contributed by atoms with Gasteiger partial charge in [-0.1, -0.05) is 23.7 Å². The number of pyridine rings is 1. The van der Waals surface area contributed by atoms with Crippen molar-refractivity contribution in [1.29, 1.82) is 0 Å². The van der Waals surface area contributed by atoms with E-state index in [1.54, 1.807) is 18.6 Å². The molecule has 5 heteroatoms. The van der Waals surface area contributed by atoms with Gasteiger partial charge in [-0.3, -0.25) is 4.79 Å². The third kappa shape index (κ3) is 3.23. The van der Waals surface area contributed by atoms with Crippen LogP contribution >= 0.6 is 11.6 Å². The van der Waals surface area contributed by atoms with E-state index in [4.69, 9.17) is 11.6 Å². The van der Waals surface area contributed by atoms with Crippen LogP contribution in [0.3, 0.4) is 0 Å². The van der Waals surface area contributed by atoms with Gasteiger partial charge in [0.05, 0.1) is 18.0 Å². The van der Waals surface area contributed by atoms with Crippen LogP contribution in [0, 0.1) is 0 Å². The van der Waals surface area contributed by atoms with E-state index in [9.17, 15) is 4.79 Å². The molecule has 3 rings (SSSR count). The van der Waals surface area contributed by atoms with Crippen molar-refractivity contribution in [2.75, 3.05) is 6.54 Å². The molecule has 0 saturated heterocycles. The predicted octanol–water partition coefficient (Wildman–Crippen LogP) is 2.96. The van der Waals surface area contributed by atoms with Crippen LogP contribution in [0.4, 0.5) is 0 Å². The number of imidazole rings is 1. The van der Waals surface area contributed by atoms with Gasteiger partial charge < -0.3 is 9.72 Å². The summed E-state index contributed by atoms with van der Waals surface area (Å²) in [5.41, 5.74) is 2.64. The van der Waals surface area contributed by atoms with Gasteiger partial charge in [0, 0.05) is 23.3 Å². The molecule has 106 valence electrons. The van der Waals surface area contributed by atoms with E-state index in [1.165, 1.54) is 0 Å². The summed E-state index contributed by atoms with van der Waals surface area (Å²) in [6.07, 6.45) is 6.01. The maximum absolute atomic E-state index is 12.1. The number of benzene rings is 1. The molecule has 0 spiro atoms. The highest BCUT2D eigenvalue weighted by atomic mass is 35.5. The van der Waals surface area contributed by atoms with Gasteiger partial charge in [-0.15, -0.1) is 0 Å². The van der Waals surface area contributed by atoms with Crippen molar-refractivity contribution >= 4 is 23.0 Å². The number of carbonyl (C=O) groups excluding carboxylic acids is 1. The van der Waals surface area contributed by atoms with Gasteiger partial charge in [0.25, 0.3) is 5.91 Å². The number of fused-ring (bicyclic) bond motifs is 1. The van der Waals surface area contributed by atoms with Gasteiger partial charge in [-0.2, -0.15) is 0 Å². The topological polar surface area (TPSA) is 46.4 Å². The van der Waals surface area contributed by atoms with Crippen molar-refractivity contribution in [3.63, 3.8) is 0 Å². The molecule has 2 aromatic heterocycles. The van der Waals surface area contributed by atoms with E-state index in [0.717, 1.165) is 17.5 Å². The zero-order valence-electron chi connectivity index (χ0n) is 11.3. The molecule has 2 heterocycles. The minimum atomic E-state index is -0.0827. The molecule has 1 amide bonds. The van der Waals surface area contributed by atoms with Crippen molar-refractivity contribution < 1.29 is 4.79 Å². The Morgan fingerprint density at radius 2 is 2.19 bits per heavy atom. The molecule has 0 saturated carbocycles. The second kappa shape index (κ2) is 5.97. The third-order valence-electron chi connectivity index (χ3n) is 3.26. The van der Waals surface area contributed by atoms with Crippen LogP contribution in [0.5, 0.6) is 0 Å². The van der Waals surface area contributed by atoms with Crippen LogP contribution in [0.2, 0.25) is 5.02 Å². The maximum atomic E-state index is 12.1. The third-order valence-corrected chi connectivity index (χ3v) is 3.50. The van der Waals surface area contributed by atoms with E-state index in [1.807, 2.05) is 40.9 Å². The van der Waals surface area contributed by atoms with Gasteiger partial charge in [-0.25, -0.2) is 4.98 Å². The Labute approximate surface area is 127 Å². The van der Waals surface area contributed by atoms with Gasteiger partial charge in [0.1, 0.15) is 0 Å². The molecular weight excluding hydrogens is 286 g/mol. The quantitative estimate of drug-likeness (QED) is 0.805. The fourth-order valence-electron chi connectivity index (χ4n) is 2.18. The largest absolute Gasteiger partial charge is 0.352 e. The molecule has 1 N–H and O–H groups in total. The fraction of sp³-hybridized carbons (Fsp3) is 0.125. The molecule has 21 heavy (non-hydrogen) atoms. The van der Waals surface area contributed by atoms with Crippen LogP contribution in [0.25, 0.3) is 5.52 Å². The summed E-state index contributed by atoms with van der Waals surface area (Å²) in [6.45, 7) is 0.573. The van der Waals surface area contributed by atoms with E-state index in [0.29, 0.717) is 17.1 Å². The maximum Gasteiger partial charge on any atom is 0.251 e. The smallest absolute Gasteiger partial charge is 0.251 e. The number of nitrogens with one attached hydrogen (secondary N) is 1. The predicted molar refractivity (Wildman–Crippen MR) is 82.7 cm³/mol. The first-order chi connectivity index (χ1) is 10.2. The molecule has 0 radical (unpaired) electrons. The number of amides is 1. The van der Waals surface area contributed by atoms with Crippen molar-refractivity contribution in [1.82, 2.24) is 14.7 Å². The van der Waals surface area contributed by atoms with Crippen molar-refractivity contribution in [2.45, 2.75) is 6.42 Å². The summed E-state index contributed by atoms with van der Waals surface area (Å²) in [5.74, 6) is -0.0827. The Morgan fingerprint density at radius 3 is 3.05 bits per heavy atom. The Kier molecular flexibility index (Phi) is 3.88. The fourth-order valence-corrected chi connectivity index (χ4v) is 2.39. The molecule has 0 atom stereocenters. The minimum Gasteiger partial charge on any atom is -0.352 e. The van der Waals surface area contributed by atoms with Crippen molar-refractivity contribution in [2.24, 2.45) is 0 Å². The van der Waals surface area contributed by atoms with E-state index < -0.39 is 0 Å². The van der Waals surface area contributed by atoms with E-state index in [-0.39, 0.29) is 5.91 Å². The van der Waals surface area contributed by atoms with Crippen LogP contribution in [0.1, 0.15) is 15.9 Å². The molecule has 0 aliphatic carbocycles. The van der Waals surface area contributed by atoms with Crippen LogP contribution < -0.4 is 5.32 Å². The Balaban J connectivity index is 1.61. The highest BCUT2D eigenvalue weighted by Gasteiger charge is 2.06. The first kappa shape index (κ1) is 13.6. The van der Waals surface area contributed by atoms with Crippen LogP contribution in [-0.2, 0) is 6.42 Å². The summed E-state index contributed by atoms with van der Waals surface area (Å²) in [6, 6.07) is 11.3. The van der Waals surface area contributed by atoms with Crippen LogP contribution in [-0.4, -0.2) is 21.8 Å². The molecule has 0 fully saturated rings. The standard InChI is InChI=1S/C16H14ClN3O/c17-14-3-1-2-12(8-14)4-6-19-16(21)13-5-7-20-11-18-10-15(20)9-13/h1-3,5,7-11H,4,6H2,(H,19,21). The summed E-state index contributed by atoms with van der Waals surface area (Å²) < 4.78 is 1.86. The normalized spacial score (nSPS) is 10.7. The SMILES string of the molecule is O=C(NCCc1cccc(Cl)c1)c1ccn2cncc2c1. The minimum absolute atomic E-state index is 0.0827. The van der Waals surface area contributed by atoms with Crippen LogP contribution in [0.15, 0.2) is 55.1 Å². The molecular formula is C16H14ClN3O. The lowest BCUT2D eigenvalue weighted by Crippen LogP contribution is -2.25. The zero-order chi connectivity index (χ0) is 14.7. The molecule has 0 aliphatic rings. The monoisotopic (exact) mass is 299 g/mol. The Bertz CT molecular complexity index is 782. The van der Waals surface area contributed by atoms with Gasteiger partial charge in [0.2, 0.25) is 0 Å². The molecule has 4 nitrogen and oxygen atoms in total. The highest BCUT2D eigenvalue weighted by molar-refractivity contribution is 6.30. The molecule has 0 aliphatic heterocycles. The first-order valence-corrected chi connectivity index (χ1v) is 7.04. The Hall–Kier alpha value is -2.33. The first-order valence-electron chi connectivity index (χ1n) is 6.67. The summed E-state index contributed by atoms with van der Waals surface area (Å²) in [5, 5.41) is 3.63. The number of nitrogens with zero attached hydrogens (tertiary/aromatic N) is 2. The number of hydrogen-bond acceptors (Lipinski definition) is 2. The molecule has 0 unspecified atom stereocenters. The van der Waals surface area contributed by atoms with Crippen molar-refractivity contribution in [3.05, 3.63) is 71.3 Å². The molecule has 0 bridgehead atoms. The van der Waals surface area contributed by atoms with Gasteiger partial charge >= 0.3 is 0 Å². The summed E-state index contributed by atoms with van der Waals surface area (Å²) in [7, 11) is 0. The second-order valence-corrected chi connectivity index (χ2v) is 5.21. The number of halogens is 1. The van der Waals surface area contributed by atoms with E-state index in [2.05, 4.69) is 10.3 Å². The Morgan fingerprint density at radius 1 is 1.29 bits per heavy atom. The van der Waals surface area contributed by atoms with Crippen molar-refractivity contribution in [3.8, 4) is 0 Å². The number of aromatic nitrogens is 2. The lowest BCUT2D eigenvalue weighted by Gasteiger charge is -2.06. The highest BCUT2D eigenvalue weighted by Crippen LogP contribution is 2.11. The zero-order valence-corrected chi connectivity index (χ0v) is 12.0. The number of hydrogen-bond donors (Lipinski definition) is 1. The second-order valence-electron chi connectivity index (χ2n) is 4.78. The average molecular weight is 300 g/mol. The van der Waals surface area contributed by atoms with Gasteiger partial charge in [0.15, 0.2) is 0 Å². The summed E-state index contributed by atoms with van der Waals surface area (Å²) in [4.78, 5) is 16.1. The van der Waals surface area contributed by atoms with Gasteiger partial charge in [-0.05, 0) is 36.2 Å². The molecule has 1 aromatic carbocycles. The average Bonchev–Trinajstić information content (AvgIpc) is 2.94. The molecule has 3 aromatic rings. The lowest BCUT2D eigenvalue weighted by atomic mass is 10.1. The number of rotatable bonds is 4.